The van der Waals surface area contributed by atoms with Crippen LogP contribution < -0.4 is 5.32 Å². The Labute approximate surface area is 164 Å². The highest BCUT2D eigenvalue weighted by Crippen LogP contribution is 2.34. The fourth-order valence-corrected chi connectivity index (χ4v) is 3.64. The fraction of sp³-hybridized carbons (Fsp3) is 0.211. The van der Waals surface area contributed by atoms with E-state index in [-0.39, 0.29) is 18.0 Å². The third-order valence-electron chi connectivity index (χ3n) is 3.48. The van der Waals surface area contributed by atoms with Crippen molar-refractivity contribution in [2.24, 2.45) is 0 Å². The van der Waals surface area contributed by atoms with Crippen LogP contribution in [0.3, 0.4) is 0 Å². The third-order valence-corrected chi connectivity index (χ3v) is 5.32. The van der Waals surface area contributed by atoms with Gasteiger partial charge in [-0.15, -0.1) is 11.3 Å². The van der Waals surface area contributed by atoms with Gasteiger partial charge in [-0.05, 0) is 50.1 Å². The molecule has 0 aliphatic rings. The Kier molecular flexibility index (Phi) is 6.88. The summed E-state index contributed by atoms with van der Waals surface area (Å²) in [4.78, 5) is 36.6. The molecule has 1 N–H and O–H groups in total. The number of hydrogen-bond donors (Lipinski definition) is 1. The molecule has 0 saturated heterocycles. The first-order chi connectivity index (χ1) is 12.3. The molecule has 0 unspecified atom stereocenters. The number of esters is 1. The van der Waals surface area contributed by atoms with Crippen molar-refractivity contribution >= 4 is 56.0 Å². The summed E-state index contributed by atoms with van der Waals surface area (Å²) in [7, 11) is 0. The molecule has 5 nitrogen and oxygen atoms in total. The Hall–Kier alpha value is -2.25. The van der Waals surface area contributed by atoms with Crippen LogP contribution in [0.25, 0.3) is 6.08 Å². The molecule has 0 radical (unpaired) electrons. The first-order valence-corrected chi connectivity index (χ1v) is 9.50. The zero-order chi connectivity index (χ0) is 19.3. The highest BCUT2D eigenvalue weighted by Gasteiger charge is 2.24. The van der Waals surface area contributed by atoms with Crippen molar-refractivity contribution in [1.29, 1.82) is 0 Å². The Balaban J connectivity index is 2.25. The van der Waals surface area contributed by atoms with Crippen LogP contribution >= 0.6 is 27.3 Å². The molecule has 0 aliphatic heterocycles. The standard InChI is InChI=1S/C19H18BrNO4S/c1-4-25-19(24)16-11(2)17(12(3)22)26-18(16)21-15(23)10-7-13-5-8-14(20)9-6-13/h5-10H,4H2,1-3H3,(H,21,23)/b10-7+. The van der Waals surface area contributed by atoms with E-state index in [0.717, 1.165) is 21.4 Å². The van der Waals surface area contributed by atoms with Gasteiger partial charge in [-0.1, -0.05) is 28.1 Å². The average Bonchev–Trinajstić information content (AvgIpc) is 2.91. The zero-order valence-electron chi connectivity index (χ0n) is 14.6. The first-order valence-electron chi connectivity index (χ1n) is 7.89. The smallest absolute Gasteiger partial charge is 0.341 e. The van der Waals surface area contributed by atoms with Crippen LogP contribution in [0.2, 0.25) is 0 Å². The molecule has 0 saturated carbocycles. The van der Waals surface area contributed by atoms with E-state index >= 15 is 0 Å². The number of carbonyl (C=O) groups excluding carboxylic acids is 3. The van der Waals surface area contributed by atoms with Gasteiger partial charge in [0.1, 0.15) is 5.00 Å². The normalized spacial score (nSPS) is 10.8. The molecule has 1 aromatic carbocycles. The van der Waals surface area contributed by atoms with Crippen LogP contribution in [-0.4, -0.2) is 24.3 Å². The predicted molar refractivity (Wildman–Crippen MR) is 107 cm³/mol. The molecule has 0 fully saturated rings. The van der Waals surface area contributed by atoms with E-state index in [0.29, 0.717) is 15.4 Å². The Morgan fingerprint density at radius 1 is 1.23 bits per heavy atom. The van der Waals surface area contributed by atoms with Crippen molar-refractivity contribution in [2.75, 3.05) is 11.9 Å². The summed E-state index contributed by atoms with van der Waals surface area (Å²) in [6.45, 7) is 5.00. The molecule has 0 aliphatic carbocycles. The van der Waals surface area contributed by atoms with E-state index in [1.807, 2.05) is 24.3 Å². The molecule has 7 heteroatoms. The summed E-state index contributed by atoms with van der Waals surface area (Å²) in [5, 5.41) is 2.99. The summed E-state index contributed by atoms with van der Waals surface area (Å²) in [5.74, 6) is -1.11. The number of benzene rings is 1. The number of nitrogens with one attached hydrogen (secondary N) is 1. The number of thiophene rings is 1. The minimum Gasteiger partial charge on any atom is -0.462 e. The molecule has 0 bridgehead atoms. The molecule has 1 aromatic heterocycles. The van der Waals surface area contributed by atoms with Gasteiger partial charge in [-0.3, -0.25) is 9.59 Å². The number of ether oxygens (including phenoxy) is 1. The first kappa shape index (κ1) is 20.1. The molecule has 2 rings (SSSR count). The minimum atomic E-state index is -0.555. The van der Waals surface area contributed by atoms with E-state index in [1.54, 1.807) is 19.9 Å². The average molecular weight is 436 g/mol. The SMILES string of the molecule is CCOC(=O)c1c(NC(=O)/C=C/c2ccc(Br)cc2)sc(C(C)=O)c1C. The number of Topliss-reactive ketones (excluding diaryl/α,β-unsaturated/α-hetero) is 1. The minimum absolute atomic E-state index is 0.163. The molecule has 26 heavy (non-hydrogen) atoms. The molecular formula is C19H18BrNO4S. The molecule has 0 spiro atoms. The van der Waals surface area contributed by atoms with Gasteiger partial charge in [0, 0.05) is 10.5 Å². The summed E-state index contributed by atoms with van der Waals surface area (Å²) in [6.07, 6.45) is 3.04. The highest BCUT2D eigenvalue weighted by atomic mass is 79.9. The number of hydrogen-bond acceptors (Lipinski definition) is 5. The maximum atomic E-state index is 12.2. The highest BCUT2D eigenvalue weighted by molar-refractivity contribution is 9.10. The van der Waals surface area contributed by atoms with Gasteiger partial charge in [-0.25, -0.2) is 4.79 Å². The summed E-state index contributed by atoms with van der Waals surface area (Å²) >= 11 is 4.43. The van der Waals surface area contributed by atoms with E-state index < -0.39 is 11.9 Å². The maximum absolute atomic E-state index is 12.2. The van der Waals surface area contributed by atoms with Gasteiger partial charge in [-0.2, -0.15) is 0 Å². The van der Waals surface area contributed by atoms with Crippen molar-refractivity contribution in [3.05, 3.63) is 56.4 Å². The largest absolute Gasteiger partial charge is 0.462 e. The summed E-state index contributed by atoms with van der Waals surface area (Å²) in [6, 6.07) is 7.47. The Morgan fingerprint density at radius 2 is 1.88 bits per heavy atom. The van der Waals surface area contributed by atoms with Crippen molar-refractivity contribution in [3.8, 4) is 0 Å². The van der Waals surface area contributed by atoms with E-state index in [1.165, 1.54) is 13.0 Å². The van der Waals surface area contributed by atoms with Gasteiger partial charge in [0.15, 0.2) is 5.78 Å². The second-order valence-electron chi connectivity index (χ2n) is 5.41. The number of ketones is 1. The predicted octanol–water partition coefficient (Wildman–Crippen LogP) is 4.85. The van der Waals surface area contributed by atoms with Gasteiger partial charge < -0.3 is 10.1 Å². The number of amides is 1. The van der Waals surface area contributed by atoms with E-state index in [2.05, 4.69) is 21.2 Å². The summed E-state index contributed by atoms with van der Waals surface area (Å²) in [5.41, 5.74) is 1.61. The molecule has 1 amide bonds. The molecule has 136 valence electrons. The van der Waals surface area contributed by atoms with Crippen LogP contribution in [0, 0.1) is 6.92 Å². The number of anilines is 1. The van der Waals surface area contributed by atoms with Gasteiger partial charge in [0.25, 0.3) is 0 Å². The van der Waals surface area contributed by atoms with Crippen molar-refractivity contribution in [1.82, 2.24) is 0 Å². The van der Waals surface area contributed by atoms with Crippen LogP contribution in [0.15, 0.2) is 34.8 Å². The lowest BCUT2D eigenvalue weighted by molar-refractivity contribution is -0.111. The molecule has 1 heterocycles. The maximum Gasteiger partial charge on any atom is 0.341 e. The topological polar surface area (TPSA) is 72.5 Å². The van der Waals surface area contributed by atoms with E-state index in [4.69, 9.17) is 4.74 Å². The van der Waals surface area contributed by atoms with Crippen LogP contribution in [0.4, 0.5) is 5.00 Å². The van der Waals surface area contributed by atoms with Gasteiger partial charge >= 0.3 is 5.97 Å². The lowest BCUT2D eigenvalue weighted by Crippen LogP contribution is -2.12. The lowest BCUT2D eigenvalue weighted by Gasteiger charge is -2.05. The Bertz CT molecular complexity index is 868. The second-order valence-corrected chi connectivity index (χ2v) is 7.35. The third kappa shape index (κ3) is 4.89. The van der Waals surface area contributed by atoms with Crippen LogP contribution in [0.5, 0.6) is 0 Å². The monoisotopic (exact) mass is 435 g/mol. The second kappa shape index (κ2) is 8.91. The van der Waals surface area contributed by atoms with Crippen molar-refractivity contribution in [3.63, 3.8) is 0 Å². The fourth-order valence-electron chi connectivity index (χ4n) is 2.29. The van der Waals surface area contributed by atoms with Crippen LogP contribution in [-0.2, 0) is 9.53 Å². The van der Waals surface area contributed by atoms with E-state index in [9.17, 15) is 14.4 Å². The molecule has 2 aromatic rings. The van der Waals surface area contributed by atoms with Gasteiger partial charge in [0.2, 0.25) is 5.91 Å². The van der Waals surface area contributed by atoms with Crippen molar-refractivity contribution < 1.29 is 19.1 Å². The Morgan fingerprint density at radius 3 is 2.46 bits per heavy atom. The number of halogens is 1. The number of rotatable bonds is 6. The lowest BCUT2D eigenvalue weighted by atomic mass is 10.1. The summed E-state index contributed by atoms with van der Waals surface area (Å²) < 4.78 is 6.00. The van der Waals surface area contributed by atoms with Crippen molar-refractivity contribution in [2.45, 2.75) is 20.8 Å². The zero-order valence-corrected chi connectivity index (χ0v) is 17.0. The van der Waals surface area contributed by atoms with Crippen LogP contribution in [0.1, 0.15) is 45.0 Å². The molecular weight excluding hydrogens is 418 g/mol. The number of carbonyl (C=O) groups is 3. The molecule has 0 atom stereocenters. The quantitative estimate of drug-likeness (QED) is 0.399. The van der Waals surface area contributed by atoms with Gasteiger partial charge in [0.05, 0.1) is 17.0 Å².